The molecule has 1 fully saturated rings. The molecule has 2 atom stereocenters. The normalized spacial score (nSPS) is 25.5. The van der Waals surface area contributed by atoms with Gasteiger partial charge in [-0.15, -0.1) is 0 Å². The fraction of sp³-hybridized carbons (Fsp3) is 1.00. The number of hydrogen-bond acceptors (Lipinski definition) is 4. The number of nitrogens with one attached hydrogen (secondary N) is 1. The van der Waals surface area contributed by atoms with Gasteiger partial charge in [-0.2, -0.15) is 0 Å². The number of likely N-dealkylation sites (N-methyl/N-ethyl adjacent to an activating group) is 1. The maximum atomic E-state index is 5.55. The van der Waals surface area contributed by atoms with Crippen molar-refractivity contribution in [1.82, 2.24) is 10.2 Å². The SMILES string of the molecule is CCCNC1COCC1CN(C)CCOC. The minimum absolute atomic E-state index is 0.532. The second-order valence-corrected chi connectivity index (χ2v) is 4.61. The predicted molar refractivity (Wildman–Crippen MR) is 65.8 cm³/mol. The first-order valence-corrected chi connectivity index (χ1v) is 6.26. The maximum absolute atomic E-state index is 5.55. The molecule has 0 radical (unpaired) electrons. The van der Waals surface area contributed by atoms with E-state index in [1.807, 2.05) is 0 Å². The quantitative estimate of drug-likeness (QED) is 0.661. The van der Waals surface area contributed by atoms with E-state index in [0.29, 0.717) is 12.0 Å². The number of hydrogen-bond donors (Lipinski definition) is 1. The van der Waals surface area contributed by atoms with Crippen molar-refractivity contribution in [3.05, 3.63) is 0 Å². The van der Waals surface area contributed by atoms with Gasteiger partial charge >= 0.3 is 0 Å². The highest BCUT2D eigenvalue weighted by Crippen LogP contribution is 2.14. The fourth-order valence-electron chi connectivity index (χ4n) is 2.07. The Hall–Kier alpha value is -0.160. The first kappa shape index (κ1) is 13.9. The Kier molecular flexibility index (Phi) is 6.96. The molecule has 1 aliphatic rings. The number of nitrogens with zero attached hydrogens (tertiary/aromatic N) is 1. The molecule has 0 spiro atoms. The van der Waals surface area contributed by atoms with Gasteiger partial charge in [0.2, 0.25) is 0 Å². The Morgan fingerprint density at radius 1 is 1.44 bits per heavy atom. The summed E-state index contributed by atoms with van der Waals surface area (Å²) in [6.45, 7) is 7.92. The zero-order valence-corrected chi connectivity index (χ0v) is 10.9. The molecule has 1 rings (SSSR count). The van der Waals surface area contributed by atoms with Gasteiger partial charge in [0, 0.05) is 32.2 Å². The van der Waals surface area contributed by atoms with Crippen LogP contribution in [-0.2, 0) is 9.47 Å². The average Bonchev–Trinajstić information content (AvgIpc) is 2.71. The maximum Gasteiger partial charge on any atom is 0.0623 e. The van der Waals surface area contributed by atoms with E-state index in [1.54, 1.807) is 7.11 Å². The van der Waals surface area contributed by atoms with E-state index in [4.69, 9.17) is 9.47 Å². The summed E-state index contributed by atoms with van der Waals surface area (Å²) in [6.07, 6.45) is 1.18. The van der Waals surface area contributed by atoms with Crippen molar-refractivity contribution < 1.29 is 9.47 Å². The van der Waals surface area contributed by atoms with Crippen LogP contribution in [0.1, 0.15) is 13.3 Å². The van der Waals surface area contributed by atoms with Crippen LogP contribution < -0.4 is 5.32 Å². The van der Waals surface area contributed by atoms with Crippen LogP contribution in [0.2, 0.25) is 0 Å². The van der Waals surface area contributed by atoms with Crippen LogP contribution >= 0.6 is 0 Å². The van der Waals surface area contributed by atoms with Gasteiger partial charge in [-0.3, -0.25) is 0 Å². The highest BCUT2D eigenvalue weighted by atomic mass is 16.5. The summed E-state index contributed by atoms with van der Waals surface area (Å²) in [4.78, 5) is 2.32. The molecule has 1 N–H and O–H groups in total. The van der Waals surface area contributed by atoms with Crippen molar-refractivity contribution in [2.24, 2.45) is 5.92 Å². The summed E-state index contributed by atoms with van der Waals surface area (Å²) in [7, 11) is 3.90. The molecule has 1 saturated heterocycles. The standard InChI is InChI=1S/C12H26N2O2/c1-4-5-13-12-10-16-9-11(12)8-14(2)6-7-15-3/h11-13H,4-10H2,1-3H3. The Balaban J connectivity index is 2.22. The Morgan fingerprint density at radius 3 is 2.94 bits per heavy atom. The molecule has 1 aliphatic heterocycles. The molecule has 0 aromatic rings. The van der Waals surface area contributed by atoms with E-state index in [9.17, 15) is 0 Å². The molecule has 96 valence electrons. The molecule has 0 aliphatic carbocycles. The summed E-state index contributed by atoms with van der Waals surface area (Å²) in [5.74, 6) is 0.619. The molecule has 0 saturated carbocycles. The van der Waals surface area contributed by atoms with E-state index in [2.05, 4.69) is 24.2 Å². The van der Waals surface area contributed by atoms with Crippen LogP contribution in [0.3, 0.4) is 0 Å². The number of ether oxygens (including phenoxy) is 2. The Bertz CT molecular complexity index is 178. The zero-order chi connectivity index (χ0) is 11.8. The minimum Gasteiger partial charge on any atom is -0.383 e. The average molecular weight is 230 g/mol. The van der Waals surface area contributed by atoms with Gasteiger partial charge in [-0.05, 0) is 20.0 Å². The molecule has 0 aromatic heterocycles. The lowest BCUT2D eigenvalue weighted by atomic mass is 10.0. The van der Waals surface area contributed by atoms with Gasteiger partial charge in [-0.1, -0.05) is 6.92 Å². The van der Waals surface area contributed by atoms with Crippen LogP contribution in [0.25, 0.3) is 0 Å². The summed E-state index contributed by atoms with van der Waals surface area (Å²) < 4.78 is 10.6. The van der Waals surface area contributed by atoms with Gasteiger partial charge in [0.1, 0.15) is 0 Å². The van der Waals surface area contributed by atoms with Gasteiger partial charge in [0.25, 0.3) is 0 Å². The number of methoxy groups -OCH3 is 1. The van der Waals surface area contributed by atoms with Crippen molar-refractivity contribution in [3.63, 3.8) is 0 Å². The third-order valence-corrected chi connectivity index (χ3v) is 3.08. The molecule has 0 amide bonds. The van der Waals surface area contributed by atoms with Gasteiger partial charge in [-0.25, -0.2) is 0 Å². The van der Waals surface area contributed by atoms with Crippen LogP contribution in [-0.4, -0.2) is 64.6 Å². The second kappa shape index (κ2) is 8.01. The zero-order valence-electron chi connectivity index (χ0n) is 10.9. The summed E-state index contributed by atoms with van der Waals surface area (Å²) in [5, 5.41) is 3.56. The van der Waals surface area contributed by atoms with Crippen LogP contribution in [0.4, 0.5) is 0 Å². The highest BCUT2D eigenvalue weighted by molar-refractivity contribution is 4.83. The topological polar surface area (TPSA) is 33.7 Å². The monoisotopic (exact) mass is 230 g/mol. The van der Waals surface area contributed by atoms with Crippen molar-refractivity contribution in [1.29, 1.82) is 0 Å². The predicted octanol–water partition coefficient (Wildman–Crippen LogP) is 0.579. The van der Waals surface area contributed by atoms with Crippen molar-refractivity contribution in [2.75, 3.05) is 53.6 Å². The Morgan fingerprint density at radius 2 is 2.25 bits per heavy atom. The second-order valence-electron chi connectivity index (χ2n) is 4.61. The molecule has 2 unspecified atom stereocenters. The summed E-state index contributed by atoms with van der Waals surface area (Å²) in [5.41, 5.74) is 0. The molecule has 4 heteroatoms. The van der Waals surface area contributed by atoms with E-state index in [1.165, 1.54) is 6.42 Å². The summed E-state index contributed by atoms with van der Waals surface area (Å²) >= 11 is 0. The van der Waals surface area contributed by atoms with Crippen molar-refractivity contribution >= 4 is 0 Å². The lowest BCUT2D eigenvalue weighted by Crippen LogP contribution is -2.41. The molecule has 0 bridgehead atoms. The third-order valence-electron chi connectivity index (χ3n) is 3.08. The van der Waals surface area contributed by atoms with E-state index < -0.39 is 0 Å². The van der Waals surface area contributed by atoms with Gasteiger partial charge in [0.05, 0.1) is 19.8 Å². The molecular weight excluding hydrogens is 204 g/mol. The third kappa shape index (κ3) is 4.78. The first-order chi connectivity index (χ1) is 7.77. The van der Waals surface area contributed by atoms with Crippen molar-refractivity contribution in [3.8, 4) is 0 Å². The summed E-state index contributed by atoms with van der Waals surface area (Å²) in [6, 6.07) is 0.532. The van der Waals surface area contributed by atoms with E-state index >= 15 is 0 Å². The molecule has 16 heavy (non-hydrogen) atoms. The lowest BCUT2D eigenvalue weighted by Gasteiger charge is -2.24. The fourth-order valence-corrected chi connectivity index (χ4v) is 2.07. The smallest absolute Gasteiger partial charge is 0.0623 e. The molecule has 4 nitrogen and oxygen atoms in total. The molecule has 1 heterocycles. The first-order valence-electron chi connectivity index (χ1n) is 6.26. The molecular formula is C12H26N2O2. The van der Waals surface area contributed by atoms with Crippen LogP contribution in [0.5, 0.6) is 0 Å². The largest absolute Gasteiger partial charge is 0.383 e. The minimum atomic E-state index is 0.532. The van der Waals surface area contributed by atoms with E-state index in [0.717, 1.165) is 39.5 Å². The Labute approximate surface area is 99.3 Å². The lowest BCUT2D eigenvalue weighted by molar-refractivity contribution is 0.142. The van der Waals surface area contributed by atoms with Crippen molar-refractivity contribution in [2.45, 2.75) is 19.4 Å². The molecule has 0 aromatic carbocycles. The van der Waals surface area contributed by atoms with Gasteiger partial charge < -0.3 is 19.7 Å². The van der Waals surface area contributed by atoms with Crippen LogP contribution in [0.15, 0.2) is 0 Å². The highest BCUT2D eigenvalue weighted by Gasteiger charge is 2.28. The van der Waals surface area contributed by atoms with Crippen LogP contribution in [0, 0.1) is 5.92 Å². The van der Waals surface area contributed by atoms with E-state index in [-0.39, 0.29) is 0 Å². The van der Waals surface area contributed by atoms with Gasteiger partial charge in [0.15, 0.2) is 0 Å². The number of rotatable bonds is 8.